The number of methoxy groups -OCH3 is 1. The molecule has 0 atom stereocenters. The minimum absolute atomic E-state index is 0.201. The number of ether oxygens (including phenoxy) is 1. The van der Waals surface area contributed by atoms with E-state index in [2.05, 4.69) is 57.5 Å². The van der Waals surface area contributed by atoms with Crippen molar-refractivity contribution in [2.75, 3.05) is 19.0 Å². The van der Waals surface area contributed by atoms with E-state index in [0.29, 0.717) is 13.2 Å². The van der Waals surface area contributed by atoms with Crippen LogP contribution in [0.2, 0.25) is 0 Å². The maximum absolute atomic E-state index is 11.6. The zero-order valence-corrected chi connectivity index (χ0v) is 14.8. The molecule has 0 saturated carbocycles. The predicted molar refractivity (Wildman–Crippen MR) is 98.0 cm³/mol. The van der Waals surface area contributed by atoms with Crippen LogP contribution in [0.25, 0.3) is 11.1 Å². The summed E-state index contributed by atoms with van der Waals surface area (Å²) in [5, 5.41) is 5.54. The van der Waals surface area contributed by atoms with Gasteiger partial charge in [-0.2, -0.15) is 0 Å². The molecule has 0 unspecified atom stereocenters. The van der Waals surface area contributed by atoms with E-state index < -0.39 is 0 Å². The Labute approximate surface area is 144 Å². The van der Waals surface area contributed by atoms with Crippen molar-refractivity contribution in [1.29, 1.82) is 0 Å². The van der Waals surface area contributed by atoms with Gasteiger partial charge in [-0.25, -0.2) is 4.79 Å². The molecule has 2 N–H and O–H groups in total. The number of halogens is 1. The van der Waals surface area contributed by atoms with E-state index in [1.54, 1.807) is 7.11 Å². The van der Waals surface area contributed by atoms with Crippen LogP contribution in [0.1, 0.15) is 12.5 Å². The molecule has 0 aromatic heterocycles. The molecule has 0 spiro atoms. The first-order valence-electron chi connectivity index (χ1n) is 7.06. The van der Waals surface area contributed by atoms with Gasteiger partial charge in [0.15, 0.2) is 0 Å². The van der Waals surface area contributed by atoms with Crippen LogP contribution in [0.3, 0.4) is 0 Å². The Morgan fingerprint density at radius 2 is 1.91 bits per heavy atom. The van der Waals surface area contributed by atoms with E-state index in [1.807, 2.05) is 25.1 Å². The number of carbonyl (C=O) groups is 1. The largest absolute Gasteiger partial charge is 0.380 e. The monoisotopic (exact) mass is 410 g/mol. The second-order valence-electron chi connectivity index (χ2n) is 4.80. The maximum Gasteiger partial charge on any atom is 0.319 e. The van der Waals surface area contributed by atoms with Crippen LogP contribution in [-0.4, -0.2) is 19.7 Å². The summed E-state index contributed by atoms with van der Waals surface area (Å²) < 4.78 is 6.49. The first-order chi connectivity index (χ1) is 10.6. The molecule has 2 aromatic carbocycles. The Kier molecular flexibility index (Phi) is 6.21. The average molecular weight is 410 g/mol. The van der Waals surface area contributed by atoms with Crippen molar-refractivity contribution in [3.63, 3.8) is 0 Å². The highest BCUT2D eigenvalue weighted by molar-refractivity contribution is 14.1. The predicted octanol–water partition coefficient (Wildman–Crippen LogP) is 4.25. The van der Waals surface area contributed by atoms with E-state index in [-0.39, 0.29) is 6.03 Å². The summed E-state index contributed by atoms with van der Waals surface area (Å²) in [6.45, 7) is 2.97. The van der Waals surface area contributed by atoms with Crippen molar-refractivity contribution in [3.05, 3.63) is 51.6 Å². The van der Waals surface area contributed by atoms with Crippen LogP contribution in [-0.2, 0) is 11.3 Å². The average Bonchev–Trinajstić information content (AvgIpc) is 2.49. The van der Waals surface area contributed by atoms with Gasteiger partial charge in [-0.3, -0.25) is 0 Å². The first-order valence-corrected chi connectivity index (χ1v) is 8.14. The Balaban J connectivity index is 2.30. The number of nitrogens with one attached hydrogen (secondary N) is 2. The Morgan fingerprint density at radius 1 is 1.18 bits per heavy atom. The molecule has 0 radical (unpaired) electrons. The second kappa shape index (κ2) is 8.14. The Morgan fingerprint density at radius 3 is 2.55 bits per heavy atom. The summed E-state index contributed by atoms with van der Waals surface area (Å²) in [4.78, 5) is 11.6. The number of rotatable bonds is 5. The van der Waals surface area contributed by atoms with Gasteiger partial charge in [0.1, 0.15) is 0 Å². The van der Waals surface area contributed by atoms with Crippen LogP contribution in [0.4, 0.5) is 10.5 Å². The van der Waals surface area contributed by atoms with Crippen LogP contribution in [0.5, 0.6) is 0 Å². The molecule has 5 heteroatoms. The highest BCUT2D eigenvalue weighted by Gasteiger charge is 2.08. The van der Waals surface area contributed by atoms with Gasteiger partial charge < -0.3 is 15.4 Å². The van der Waals surface area contributed by atoms with Crippen LogP contribution < -0.4 is 10.6 Å². The number of urea groups is 1. The topological polar surface area (TPSA) is 50.4 Å². The maximum atomic E-state index is 11.6. The Hall–Kier alpha value is -1.60. The van der Waals surface area contributed by atoms with E-state index in [0.717, 1.165) is 22.4 Å². The zero-order valence-electron chi connectivity index (χ0n) is 12.7. The second-order valence-corrected chi connectivity index (χ2v) is 6.04. The fraction of sp³-hybridized carbons (Fsp3) is 0.235. The third kappa shape index (κ3) is 4.45. The van der Waals surface area contributed by atoms with Crippen LogP contribution in [0.15, 0.2) is 42.5 Å². The molecule has 116 valence electrons. The minimum atomic E-state index is -0.201. The summed E-state index contributed by atoms with van der Waals surface area (Å²) in [6, 6.07) is 14.0. The molecule has 0 aliphatic heterocycles. The summed E-state index contributed by atoms with van der Waals surface area (Å²) >= 11 is 2.29. The molecule has 0 aliphatic carbocycles. The molecule has 0 heterocycles. The molecular weight excluding hydrogens is 391 g/mol. The van der Waals surface area contributed by atoms with Gasteiger partial charge in [0.2, 0.25) is 0 Å². The van der Waals surface area contributed by atoms with E-state index in [9.17, 15) is 4.79 Å². The quantitative estimate of drug-likeness (QED) is 0.725. The molecular formula is C17H19IN2O2. The lowest BCUT2D eigenvalue weighted by molar-refractivity contribution is 0.185. The van der Waals surface area contributed by atoms with Crippen molar-refractivity contribution >= 4 is 34.3 Å². The summed E-state index contributed by atoms with van der Waals surface area (Å²) in [5.74, 6) is 0. The lowest BCUT2D eigenvalue weighted by atomic mass is 9.99. The third-order valence-corrected chi connectivity index (χ3v) is 3.87. The van der Waals surface area contributed by atoms with E-state index in [1.165, 1.54) is 3.57 Å². The molecule has 4 nitrogen and oxygen atoms in total. The van der Waals surface area contributed by atoms with Gasteiger partial charge in [0.05, 0.1) is 6.61 Å². The van der Waals surface area contributed by atoms with Gasteiger partial charge >= 0.3 is 6.03 Å². The minimum Gasteiger partial charge on any atom is -0.380 e. The van der Waals surface area contributed by atoms with Crippen molar-refractivity contribution in [1.82, 2.24) is 5.32 Å². The molecule has 0 saturated heterocycles. The molecule has 0 bridgehead atoms. The standard InChI is InChI=1S/C17H19IN2O2/c1-3-19-17(21)20-15-8-9-16(13(10-15)11-22-2)12-4-6-14(18)7-5-12/h4-10H,3,11H2,1-2H3,(H2,19,20,21). The van der Waals surface area contributed by atoms with Crippen molar-refractivity contribution in [2.24, 2.45) is 0 Å². The molecule has 0 aliphatic rings. The number of benzene rings is 2. The highest BCUT2D eigenvalue weighted by Crippen LogP contribution is 2.27. The lowest BCUT2D eigenvalue weighted by Crippen LogP contribution is -2.28. The number of carbonyl (C=O) groups excluding carboxylic acids is 1. The third-order valence-electron chi connectivity index (χ3n) is 3.16. The first kappa shape index (κ1) is 16.8. The van der Waals surface area contributed by atoms with Gasteiger partial charge in [-0.1, -0.05) is 18.2 Å². The van der Waals surface area contributed by atoms with Gasteiger partial charge in [-0.05, 0) is 70.5 Å². The number of hydrogen-bond donors (Lipinski definition) is 2. The summed E-state index contributed by atoms with van der Waals surface area (Å²) in [7, 11) is 1.67. The van der Waals surface area contributed by atoms with Crippen molar-refractivity contribution < 1.29 is 9.53 Å². The number of amides is 2. The van der Waals surface area contributed by atoms with E-state index in [4.69, 9.17) is 4.74 Å². The van der Waals surface area contributed by atoms with Crippen molar-refractivity contribution in [3.8, 4) is 11.1 Å². The van der Waals surface area contributed by atoms with Crippen molar-refractivity contribution in [2.45, 2.75) is 13.5 Å². The van der Waals surface area contributed by atoms with E-state index >= 15 is 0 Å². The number of hydrogen-bond acceptors (Lipinski definition) is 2. The zero-order chi connectivity index (χ0) is 15.9. The SMILES string of the molecule is CCNC(=O)Nc1ccc(-c2ccc(I)cc2)c(COC)c1. The summed E-state index contributed by atoms with van der Waals surface area (Å²) in [5.41, 5.74) is 4.04. The molecule has 2 amide bonds. The smallest absolute Gasteiger partial charge is 0.319 e. The highest BCUT2D eigenvalue weighted by atomic mass is 127. The fourth-order valence-corrected chi connectivity index (χ4v) is 2.55. The molecule has 22 heavy (non-hydrogen) atoms. The number of anilines is 1. The Bertz CT molecular complexity index is 642. The lowest BCUT2D eigenvalue weighted by Gasteiger charge is -2.13. The fourth-order valence-electron chi connectivity index (χ4n) is 2.19. The normalized spacial score (nSPS) is 10.3. The molecule has 2 aromatic rings. The van der Waals surface area contributed by atoms with Crippen LogP contribution in [0, 0.1) is 3.57 Å². The van der Waals surface area contributed by atoms with Crippen LogP contribution >= 0.6 is 22.6 Å². The summed E-state index contributed by atoms with van der Waals surface area (Å²) in [6.07, 6.45) is 0. The van der Waals surface area contributed by atoms with Gasteiger partial charge in [0, 0.05) is 22.9 Å². The molecule has 2 rings (SSSR count). The van der Waals surface area contributed by atoms with Gasteiger partial charge in [0.25, 0.3) is 0 Å². The van der Waals surface area contributed by atoms with Gasteiger partial charge in [-0.15, -0.1) is 0 Å². The molecule has 0 fully saturated rings.